The molecule has 0 saturated heterocycles. The molecule has 1 aromatic heterocycles. The average molecular weight is 295 g/mol. The van der Waals surface area contributed by atoms with Gasteiger partial charge in [0.25, 0.3) is 0 Å². The van der Waals surface area contributed by atoms with Crippen LogP contribution < -0.4 is 10.1 Å². The summed E-state index contributed by atoms with van der Waals surface area (Å²) in [4.78, 5) is 0. The second-order valence-corrected chi connectivity index (χ2v) is 4.96. The third-order valence-electron chi connectivity index (χ3n) is 2.94. The first-order chi connectivity index (χ1) is 9.72. The summed E-state index contributed by atoms with van der Waals surface area (Å²) in [6.45, 7) is 4.19. The van der Waals surface area contributed by atoms with Crippen LogP contribution in [0.5, 0.6) is 5.75 Å². The molecule has 1 aromatic carbocycles. The first-order valence-corrected chi connectivity index (χ1v) is 7.04. The van der Waals surface area contributed by atoms with Crippen molar-refractivity contribution in [2.45, 2.75) is 26.5 Å². The molecule has 0 aliphatic carbocycles. The Kier molecular flexibility index (Phi) is 5.38. The van der Waals surface area contributed by atoms with E-state index in [2.05, 4.69) is 22.4 Å². The van der Waals surface area contributed by atoms with Crippen molar-refractivity contribution in [3.05, 3.63) is 40.9 Å². The van der Waals surface area contributed by atoms with Gasteiger partial charge in [-0.15, -0.1) is 10.2 Å². The molecule has 0 atom stereocenters. The van der Waals surface area contributed by atoms with Crippen LogP contribution in [-0.2, 0) is 20.2 Å². The summed E-state index contributed by atoms with van der Waals surface area (Å²) >= 11 is 6.23. The molecule has 5 nitrogen and oxygen atoms in total. The lowest BCUT2D eigenvalue weighted by Gasteiger charge is -2.13. The van der Waals surface area contributed by atoms with E-state index < -0.39 is 0 Å². The van der Waals surface area contributed by atoms with Gasteiger partial charge in [-0.25, -0.2) is 0 Å². The fourth-order valence-corrected chi connectivity index (χ4v) is 2.08. The van der Waals surface area contributed by atoms with E-state index in [4.69, 9.17) is 16.3 Å². The molecule has 2 aromatic rings. The highest BCUT2D eigenvalue weighted by Crippen LogP contribution is 2.29. The summed E-state index contributed by atoms with van der Waals surface area (Å²) in [6, 6.07) is 5.78. The Morgan fingerprint density at radius 1 is 1.40 bits per heavy atom. The van der Waals surface area contributed by atoms with E-state index in [-0.39, 0.29) is 0 Å². The highest BCUT2D eigenvalue weighted by molar-refractivity contribution is 6.32. The quantitative estimate of drug-likeness (QED) is 0.797. The largest absolute Gasteiger partial charge is 0.484 e. The second kappa shape index (κ2) is 7.26. The monoisotopic (exact) mass is 294 g/mol. The zero-order chi connectivity index (χ0) is 14.4. The van der Waals surface area contributed by atoms with Crippen LogP contribution >= 0.6 is 11.6 Å². The minimum absolute atomic E-state index is 0.348. The molecule has 1 N–H and O–H groups in total. The number of aryl methyl sites for hydroxylation is 1. The van der Waals surface area contributed by atoms with Gasteiger partial charge in [-0.1, -0.05) is 30.7 Å². The number of nitrogens with zero attached hydrogens (tertiary/aromatic N) is 3. The minimum atomic E-state index is 0.348. The van der Waals surface area contributed by atoms with Crippen LogP contribution in [0.1, 0.15) is 24.7 Å². The van der Waals surface area contributed by atoms with E-state index in [1.807, 2.05) is 29.8 Å². The number of halogens is 1. The lowest BCUT2D eigenvalue weighted by Crippen LogP contribution is -2.15. The maximum atomic E-state index is 6.23. The maximum Gasteiger partial charge on any atom is 0.170 e. The Morgan fingerprint density at radius 3 is 2.95 bits per heavy atom. The summed E-state index contributed by atoms with van der Waals surface area (Å²) in [7, 11) is 1.88. The van der Waals surface area contributed by atoms with Crippen LogP contribution in [0.15, 0.2) is 24.5 Å². The van der Waals surface area contributed by atoms with Gasteiger partial charge in [-0.05, 0) is 19.0 Å². The number of hydrogen-bond acceptors (Lipinski definition) is 4. The Hall–Kier alpha value is -1.59. The summed E-state index contributed by atoms with van der Waals surface area (Å²) in [5.74, 6) is 1.47. The molecule has 108 valence electrons. The summed E-state index contributed by atoms with van der Waals surface area (Å²) < 4.78 is 7.65. The molecule has 20 heavy (non-hydrogen) atoms. The van der Waals surface area contributed by atoms with E-state index in [9.17, 15) is 0 Å². The molecule has 0 aliphatic heterocycles. The molecule has 0 fully saturated rings. The van der Waals surface area contributed by atoms with Crippen molar-refractivity contribution in [1.29, 1.82) is 0 Å². The minimum Gasteiger partial charge on any atom is -0.484 e. The molecular weight excluding hydrogens is 276 g/mol. The topological polar surface area (TPSA) is 52.0 Å². The number of aromatic nitrogens is 3. The van der Waals surface area contributed by atoms with E-state index in [1.54, 1.807) is 6.33 Å². The predicted octanol–water partition coefficient (Wildman–Crippen LogP) is 2.55. The lowest BCUT2D eigenvalue weighted by molar-refractivity contribution is 0.287. The standard InChI is InChI=1S/C14H19ClN4O/c1-3-7-16-8-11-5-4-6-12(15)14(11)20-9-13-18-17-10-19(13)2/h4-6,10,16H,3,7-9H2,1-2H3. The SMILES string of the molecule is CCCNCc1cccc(Cl)c1OCc1nncn1C. The predicted molar refractivity (Wildman–Crippen MR) is 78.8 cm³/mol. The highest BCUT2D eigenvalue weighted by Gasteiger charge is 2.10. The van der Waals surface area contributed by atoms with Crippen molar-refractivity contribution in [3.8, 4) is 5.75 Å². The van der Waals surface area contributed by atoms with Crippen molar-refractivity contribution in [2.75, 3.05) is 6.54 Å². The highest BCUT2D eigenvalue weighted by atomic mass is 35.5. The van der Waals surface area contributed by atoms with Crippen molar-refractivity contribution < 1.29 is 4.74 Å². The molecule has 0 amide bonds. The number of ether oxygens (including phenoxy) is 1. The van der Waals surface area contributed by atoms with Crippen LogP contribution in [0.3, 0.4) is 0 Å². The maximum absolute atomic E-state index is 6.23. The molecule has 0 bridgehead atoms. The summed E-state index contributed by atoms with van der Waals surface area (Å²) in [5, 5.41) is 11.8. The first-order valence-electron chi connectivity index (χ1n) is 6.66. The van der Waals surface area contributed by atoms with Gasteiger partial charge in [0.15, 0.2) is 5.82 Å². The van der Waals surface area contributed by atoms with E-state index in [1.165, 1.54) is 0 Å². The van der Waals surface area contributed by atoms with E-state index in [0.29, 0.717) is 17.4 Å². The van der Waals surface area contributed by atoms with Crippen LogP contribution in [0.2, 0.25) is 5.02 Å². The zero-order valence-corrected chi connectivity index (χ0v) is 12.5. The fourth-order valence-electron chi connectivity index (χ4n) is 1.83. The zero-order valence-electron chi connectivity index (χ0n) is 11.8. The first kappa shape index (κ1) is 14.8. The molecular formula is C14H19ClN4O. The van der Waals surface area contributed by atoms with Gasteiger partial charge in [0.2, 0.25) is 0 Å². The molecule has 2 rings (SSSR count). The smallest absolute Gasteiger partial charge is 0.170 e. The van der Waals surface area contributed by atoms with E-state index in [0.717, 1.165) is 30.9 Å². The van der Waals surface area contributed by atoms with Gasteiger partial charge in [0.1, 0.15) is 18.7 Å². The fraction of sp³-hybridized carbons (Fsp3) is 0.429. The third-order valence-corrected chi connectivity index (χ3v) is 3.24. The van der Waals surface area contributed by atoms with Gasteiger partial charge in [-0.2, -0.15) is 0 Å². The second-order valence-electron chi connectivity index (χ2n) is 4.55. The summed E-state index contributed by atoms with van der Waals surface area (Å²) in [6.07, 6.45) is 2.74. The van der Waals surface area contributed by atoms with Crippen molar-refractivity contribution in [3.63, 3.8) is 0 Å². The third kappa shape index (κ3) is 3.71. The Labute approximate surface area is 123 Å². The number of benzene rings is 1. The molecule has 0 saturated carbocycles. The number of nitrogens with one attached hydrogen (secondary N) is 1. The van der Waals surface area contributed by atoms with Crippen molar-refractivity contribution in [1.82, 2.24) is 20.1 Å². The Morgan fingerprint density at radius 2 is 2.25 bits per heavy atom. The van der Waals surface area contributed by atoms with Crippen LogP contribution in [0.4, 0.5) is 0 Å². The number of hydrogen-bond donors (Lipinski definition) is 1. The van der Waals surface area contributed by atoms with Crippen LogP contribution in [0.25, 0.3) is 0 Å². The average Bonchev–Trinajstić information content (AvgIpc) is 2.84. The van der Waals surface area contributed by atoms with Crippen molar-refractivity contribution >= 4 is 11.6 Å². The van der Waals surface area contributed by atoms with Gasteiger partial charge in [-0.3, -0.25) is 0 Å². The number of para-hydroxylation sites is 1. The van der Waals surface area contributed by atoms with Gasteiger partial charge < -0.3 is 14.6 Å². The molecule has 6 heteroatoms. The van der Waals surface area contributed by atoms with Gasteiger partial charge >= 0.3 is 0 Å². The van der Waals surface area contributed by atoms with Gasteiger partial charge in [0, 0.05) is 19.2 Å². The number of rotatable bonds is 7. The van der Waals surface area contributed by atoms with E-state index >= 15 is 0 Å². The van der Waals surface area contributed by atoms with Crippen molar-refractivity contribution in [2.24, 2.45) is 7.05 Å². The Bertz CT molecular complexity index is 556. The lowest BCUT2D eigenvalue weighted by atomic mass is 10.2. The van der Waals surface area contributed by atoms with Gasteiger partial charge in [0.05, 0.1) is 5.02 Å². The Balaban J connectivity index is 2.07. The normalized spacial score (nSPS) is 10.8. The summed E-state index contributed by atoms with van der Waals surface area (Å²) in [5.41, 5.74) is 1.05. The molecule has 1 heterocycles. The van der Waals surface area contributed by atoms with Crippen LogP contribution in [-0.4, -0.2) is 21.3 Å². The molecule has 0 unspecified atom stereocenters. The molecule has 0 spiro atoms. The molecule has 0 radical (unpaired) electrons. The van der Waals surface area contributed by atoms with Crippen LogP contribution in [0, 0.1) is 0 Å². The molecule has 0 aliphatic rings.